The lowest BCUT2D eigenvalue weighted by Crippen LogP contribution is -1.98. The molecule has 0 saturated heterocycles. The number of rotatable bonds is 6. The predicted molar refractivity (Wildman–Crippen MR) is 60.3 cm³/mol. The zero-order chi connectivity index (χ0) is 11.5. The summed E-state index contributed by atoms with van der Waals surface area (Å²) in [5.41, 5.74) is 0.852. The molecule has 0 aliphatic heterocycles. The number of aryl methyl sites for hydroxylation is 1. The Morgan fingerprint density at radius 2 is 2.44 bits per heavy atom. The van der Waals surface area contributed by atoms with Crippen LogP contribution >= 0.6 is 0 Å². The molecule has 5 nitrogen and oxygen atoms in total. The monoisotopic (exact) mass is 221 g/mol. The first-order valence-electron chi connectivity index (χ1n) is 5.55. The van der Waals surface area contributed by atoms with Gasteiger partial charge in [0.15, 0.2) is 0 Å². The number of aromatic nitrogens is 2. The van der Waals surface area contributed by atoms with Crippen molar-refractivity contribution in [1.29, 1.82) is 0 Å². The van der Waals surface area contributed by atoms with Crippen molar-refractivity contribution in [3.63, 3.8) is 0 Å². The number of nitrogens with zero attached hydrogens (tertiary/aromatic N) is 3. The second-order valence-corrected chi connectivity index (χ2v) is 4.12. The molecule has 1 heterocycles. The minimum Gasteiger partial charge on any atom is -0.265 e. The van der Waals surface area contributed by atoms with E-state index >= 15 is 0 Å². The van der Waals surface area contributed by atoms with E-state index in [1.165, 1.54) is 0 Å². The van der Waals surface area contributed by atoms with Crippen LogP contribution in [-0.4, -0.2) is 14.7 Å². The fourth-order valence-corrected chi connectivity index (χ4v) is 1.73. The summed E-state index contributed by atoms with van der Waals surface area (Å²) >= 11 is 0. The van der Waals surface area contributed by atoms with Gasteiger partial charge in [-0.2, -0.15) is 5.10 Å². The van der Waals surface area contributed by atoms with Gasteiger partial charge in [0.2, 0.25) is 0 Å². The highest BCUT2D eigenvalue weighted by molar-refractivity contribution is 5.37. The van der Waals surface area contributed by atoms with E-state index in [2.05, 4.69) is 11.7 Å². The quantitative estimate of drug-likeness (QED) is 0.321. The Labute approximate surface area is 93.9 Å². The highest BCUT2D eigenvalue weighted by atomic mass is 16.6. The van der Waals surface area contributed by atoms with Gasteiger partial charge in [-0.1, -0.05) is 6.08 Å². The third-order valence-corrected chi connectivity index (χ3v) is 2.73. The first kappa shape index (κ1) is 10.9. The molecule has 0 amide bonds. The Balaban J connectivity index is 2.11. The lowest BCUT2D eigenvalue weighted by Gasteiger charge is -1.97. The number of hydrogen-bond donors (Lipinski definition) is 0. The van der Waals surface area contributed by atoms with E-state index < -0.39 is 0 Å². The van der Waals surface area contributed by atoms with Crippen LogP contribution in [0.25, 0.3) is 0 Å². The third-order valence-electron chi connectivity index (χ3n) is 2.73. The molecule has 1 aliphatic rings. The van der Waals surface area contributed by atoms with Gasteiger partial charge in [0.05, 0.1) is 4.92 Å². The van der Waals surface area contributed by atoms with Gasteiger partial charge < -0.3 is 0 Å². The minimum atomic E-state index is -0.329. The van der Waals surface area contributed by atoms with Crippen LogP contribution in [0.4, 0.5) is 5.69 Å². The molecule has 1 aromatic heterocycles. The molecule has 0 spiro atoms. The Morgan fingerprint density at radius 1 is 1.69 bits per heavy atom. The molecule has 0 aromatic carbocycles. The van der Waals surface area contributed by atoms with Gasteiger partial charge in [0.25, 0.3) is 0 Å². The van der Waals surface area contributed by atoms with E-state index in [0.29, 0.717) is 11.6 Å². The van der Waals surface area contributed by atoms with Gasteiger partial charge in [0.1, 0.15) is 11.9 Å². The average molecular weight is 221 g/mol. The number of nitro groups is 1. The normalized spacial score (nSPS) is 15.0. The molecule has 16 heavy (non-hydrogen) atoms. The molecule has 0 atom stereocenters. The molecule has 0 N–H and O–H groups in total. The topological polar surface area (TPSA) is 61.0 Å². The summed E-state index contributed by atoms with van der Waals surface area (Å²) in [4.78, 5) is 10.5. The molecule has 0 radical (unpaired) electrons. The van der Waals surface area contributed by atoms with Crippen molar-refractivity contribution >= 4 is 5.69 Å². The molecule has 1 fully saturated rings. The van der Waals surface area contributed by atoms with Gasteiger partial charge in [-0.3, -0.25) is 14.8 Å². The molecule has 86 valence electrons. The maximum atomic E-state index is 10.8. The van der Waals surface area contributed by atoms with E-state index in [9.17, 15) is 10.1 Å². The van der Waals surface area contributed by atoms with Crippen LogP contribution < -0.4 is 0 Å². The second kappa shape index (κ2) is 4.47. The van der Waals surface area contributed by atoms with Gasteiger partial charge >= 0.3 is 5.69 Å². The molecule has 1 aliphatic carbocycles. The Kier molecular flexibility index (Phi) is 3.03. The van der Waals surface area contributed by atoms with E-state index in [1.54, 1.807) is 10.9 Å². The molecule has 1 aromatic rings. The van der Waals surface area contributed by atoms with Crippen LogP contribution in [0.5, 0.6) is 0 Å². The summed E-state index contributed by atoms with van der Waals surface area (Å²) in [5, 5.41) is 15.1. The van der Waals surface area contributed by atoms with Crippen LogP contribution in [0, 0.1) is 10.1 Å². The van der Waals surface area contributed by atoms with E-state index in [4.69, 9.17) is 0 Å². The van der Waals surface area contributed by atoms with E-state index in [1.807, 2.05) is 6.08 Å². The molecule has 2 rings (SSSR count). The maximum absolute atomic E-state index is 10.8. The van der Waals surface area contributed by atoms with Gasteiger partial charge in [-0.25, -0.2) is 0 Å². The fourth-order valence-electron chi connectivity index (χ4n) is 1.73. The predicted octanol–water partition coefficient (Wildman–Crippen LogP) is 2.63. The van der Waals surface area contributed by atoms with Crippen molar-refractivity contribution in [2.24, 2.45) is 0 Å². The summed E-state index contributed by atoms with van der Waals surface area (Å²) in [5.74, 6) is 0.320. The van der Waals surface area contributed by atoms with Crippen molar-refractivity contribution in [2.75, 3.05) is 0 Å². The molecule has 5 heteroatoms. The zero-order valence-corrected chi connectivity index (χ0v) is 9.13. The molecular weight excluding hydrogens is 206 g/mol. The summed E-state index contributed by atoms with van der Waals surface area (Å²) in [6.07, 6.45) is 7.30. The largest absolute Gasteiger partial charge is 0.310 e. The highest BCUT2D eigenvalue weighted by Crippen LogP contribution is 2.43. The number of allylic oxidation sites excluding steroid dienone is 1. The lowest BCUT2D eigenvalue weighted by atomic mass is 10.3. The van der Waals surface area contributed by atoms with Gasteiger partial charge in [0, 0.05) is 12.5 Å². The molecule has 0 bridgehead atoms. The Morgan fingerprint density at radius 3 is 3.00 bits per heavy atom. The van der Waals surface area contributed by atoms with Crippen LogP contribution in [0.3, 0.4) is 0 Å². The van der Waals surface area contributed by atoms with Crippen molar-refractivity contribution in [2.45, 2.75) is 38.1 Å². The fraction of sp³-hybridized carbons (Fsp3) is 0.545. The lowest BCUT2D eigenvalue weighted by molar-refractivity contribution is -0.385. The number of unbranched alkanes of at least 4 members (excludes halogenated alkanes) is 1. The average Bonchev–Trinajstić information content (AvgIpc) is 3.00. The third kappa shape index (κ3) is 2.29. The van der Waals surface area contributed by atoms with E-state index in [0.717, 1.165) is 32.2 Å². The maximum Gasteiger partial charge on any atom is 0.310 e. The smallest absolute Gasteiger partial charge is 0.265 e. The van der Waals surface area contributed by atoms with Crippen LogP contribution in [-0.2, 0) is 6.54 Å². The number of hydrogen-bond acceptors (Lipinski definition) is 3. The SMILES string of the molecule is C=CCCCn1cc([N+](=O)[O-])c(C2CC2)n1. The standard InChI is InChI=1S/C11H15N3O2/c1-2-3-4-7-13-8-10(14(15)16)11(12-13)9-5-6-9/h2,8-9H,1,3-7H2. The Bertz CT molecular complexity index is 407. The van der Waals surface area contributed by atoms with Crippen LogP contribution in [0.15, 0.2) is 18.9 Å². The summed E-state index contributed by atoms with van der Waals surface area (Å²) < 4.78 is 1.69. The van der Waals surface area contributed by atoms with Gasteiger partial charge in [-0.15, -0.1) is 6.58 Å². The first-order chi connectivity index (χ1) is 7.72. The van der Waals surface area contributed by atoms with Crippen molar-refractivity contribution in [3.8, 4) is 0 Å². The zero-order valence-electron chi connectivity index (χ0n) is 9.13. The van der Waals surface area contributed by atoms with E-state index in [-0.39, 0.29) is 10.6 Å². The van der Waals surface area contributed by atoms with Crippen molar-refractivity contribution < 1.29 is 4.92 Å². The molecular formula is C11H15N3O2. The molecule has 1 saturated carbocycles. The van der Waals surface area contributed by atoms with Crippen molar-refractivity contribution in [3.05, 3.63) is 34.7 Å². The highest BCUT2D eigenvalue weighted by Gasteiger charge is 2.34. The summed E-state index contributed by atoms with van der Waals surface area (Å²) in [7, 11) is 0. The van der Waals surface area contributed by atoms with Crippen LogP contribution in [0.1, 0.15) is 37.3 Å². The second-order valence-electron chi connectivity index (χ2n) is 4.12. The summed E-state index contributed by atoms with van der Waals surface area (Å²) in [6.45, 7) is 4.36. The first-order valence-corrected chi connectivity index (χ1v) is 5.55. The van der Waals surface area contributed by atoms with Crippen LogP contribution in [0.2, 0.25) is 0 Å². The Hall–Kier alpha value is -1.65. The molecule has 0 unspecified atom stereocenters. The van der Waals surface area contributed by atoms with Crippen molar-refractivity contribution in [1.82, 2.24) is 9.78 Å². The van der Waals surface area contributed by atoms with Gasteiger partial charge in [-0.05, 0) is 25.7 Å². The summed E-state index contributed by atoms with van der Waals surface area (Å²) in [6, 6.07) is 0. The minimum absolute atomic E-state index is 0.182.